The molecule has 0 amide bonds. The van der Waals surface area contributed by atoms with Gasteiger partial charge in [-0.15, -0.1) is 0 Å². The highest BCUT2D eigenvalue weighted by molar-refractivity contribution is 5.37. The van der Waals surface area contributed by atoms with E-state index in [0.29, 0.717) is 5.41 Å². The van der Waals surface area contributed by atoms with Crippen LogP contribution < -0.4 is 0 Å². The predicted molar refractivity (Wildman–Crippen MR) is 91.1 cm³/mol. The summed E-state index contributed by atoms with van der Waals surface area (Å²) in [6.45, 7) is 2.73. The SMILES string of the molecule is c1ccc2c(c1)CCCC21CCN(C2C[C@@H]3CC[C@H]2C3)CC1. The van der Waals surface area contributed by atoms with E-state index in [0.717, 1.165) is 17.9 Å². The molecule has 1 saturated heterocycles. The molecule has 3 atom stereocenters. The van der Waals surface area contributed by atoms with Crippen LogP contribution in [0.15, 0.2) is 24.3 Å². The number of nitrogens with zero attached hydrogens (tertiary/aromatic N) is 1. The minimum atomic E-state index is 0.531. The normalized spacial score (nSPS) is 36.6. The van der Waals surface area contributed by atoms with Crippen LogP contribution in [-0.2, 0) is 11.8 Å². The molecule has 3 fully saturated rings. The zero-order valence-corrected chi connectivity index (χ0v) is 13.8. The highest BCUT2D eigenvalue weighted by Gasteiger charge is 2.45. The lowest BCUT2D eigenvalue weighted by Gasteiger charge is -2.48. The van der Waals surface area contributed by atoms with Gasteiger partial charge >= 0.3 is 0 Å². The van der Waals surface area contributed by atoms with Crippen molar-refractivity contribution in [1.29, 1.82) is 0 Å². The molecule has 0 N–H and O–H groups in total. The second-order valence-electron chi connectivity index (χ2n) is 8.57. The number of fused-ring (bicyclic) bond motifs is 4. The molecule has 0 aromatic heterocycles. The molecular weight excluding hydrogens is 266 g/mol. The number of hydrogen-bond acceptors (Lipinski definition) is 1. The van der Waals surface area contributed by atoms with E-state index in [4.69, 9.17) is 0 Å². The smallest absolute Gasteiger partial charge is 0.0126 e. The predicted octanol–water partition coefficient (Wildman–Crippen LogP) is 4.55. The summed E-state index contributed by atoms with van der Waals surface area (Å²) in [6, 6.07) is 10.3. The van der Waals surface area contributed by atoms with Gasteiger partial charge in [0.1, 0.15) is 0 Å². The van der Waals surface area contributed by atoms with E-state index in [-0.39, 0.29) is 0 Å². The van der Waals surface area contributed by atoms with Gasteiger partial charge in [0.2, 0.25) is 0 Å². The fraction of sp³-hybridized carbons (Fsp3) is 0.714. The maximum absolute atomic E-state index is 2.90. The van der Waals surface area contributed by atoms with Crippen LogP contribution in [0.1, 0.15) is 62.5 Å². The summed E-state index contributed by atoms with van der Waals surface area (Å²) in [4.78, 5) is 2.90. The molecule has 3 aliphatic carbocycles. The molecule has 1 heteroatoms. The van der Waals surface area contributed by atoms with Gasteiger partial charge in [-0.2, -0.15) is 0 Å². The third kappa shape index (κ3) is 2.01. The van der Waals surface area contributed by atoms with Crippen LogP contribution in [0.4, 0.5) is 0 Å². The molecule has 5 rings (SSSR count). The Morgan fingerprint density at radius 3 is 2.59 bits per heavy atom. The molecule has 1 heterocycles. The fourth-order valence-corrected chi connectivity index (χ4v) is 6.47. The van der Waals surface area contributed by atoms with Crippen molar-refractivity contribution in [3.05, 3.63) is 35.4 Å². The van der Waals surface area contributed by atoms with Gasteiger partial charge in [-0.25, -0.2) is 0 Å². The van der Waals surface area contributed by atoms with Gasteiger partial charge in [0.05, 0.1) is 0 Å². The van der Waals surface area contributed by atoms with Crippen molar-refractivity contribution in [1.82, 2.24) is 4.90 Å². The molecule has 2 saturated carbocycles. The second kappa shape index (κ2) is 5.09. The molecule has 0 radical (unpaired) electrons. The number of hydrogen-bond donors (Lipinski definition) is 0. The Balaban J connectivity index is 1.34. The Morgan fingerprint density at radius 2 is 1.82 bits per heavy atom. The summed E-state index contributed by atoms with van der Waals surface area (Å²) in [5, 5.41) is 0. The molecule has 2 bridgehead atoms. The van der Waals surface area contributed by atoms with Crippen LogP contribution >= 0.6 is 0 Å². The Bertz CT molecular complexity index is 555. The van der Waals surface area contributed by atoms with E-state index in [1.165, 1.54) is 64.5 Å². The topological polar surface area (TPSA) is 3.24 Å². The molecule has 1 unspecified atom stereocenters. The van der Waals surface area contributed by atoms with E-state index in [9.17, 15) is 0 Å². The average molecular weight is 295 g/mol. The summed E-state index contributed by atoms with van der Waals surface area (Å²) in [6.07, 6.45) is 13.1. The fourth-order valence-electron chi connectivity index (χ4n) is 6.47. The van der Waals surface area contributed by atoms with Crippen LogP contribution in [0.3, 0.4) is 0 Å². The van der Waals surface area contributed by atoms with Crippen molar-refractivity contribution in [2.24, 2.45) is 11.8 Å². The summed E-state index contributed by atoms with van der Waals surface area (Å²) in [5.41, 5.74) is 3.90. The highest BCUT2D eigenvalue weighted by Crippen LogP contribution is 2.50. The lowest BCUT2D eigenvalue weighted by atomic mass is 9.64. The zero-order valence-electron chi connectivity index (χ0n) is 13.8. The van der Waals surface area contributed by atoms with Crippen molar-refractivity contribution in [3.8, 4) is 0 Å². The Morgan fingerprint density at radius 1 is 0.955 bits per heavy atom. The van der Waals surface area contributed by atoms with Crippen LogP contribution in [0.25, 0.3) is 0 Å². The van der Waals surface area contributed by atoms with E-state index in [1.807, 2.05) is 0 Å². The van der Waals surface area contributed by atoms with Gasteiger partial charge < -0.3 is 4.90 Å². The Labute approximate surface area is 135 Å². The van der Waals surface area contributed by atoms with Crippen molar-refractivity contribution >= 4 is 0 Å². The molecule has 1 aromatic carbocycles. The van der Waals surface area contributed by atoms with Crippen LogP contribution in [0, 0.1) is 11.8 Å². The summed E-state index contributed by atoms with van der Waals surface area (Å²) in [5.74, 6) is 2.14. The van der Waals surface area contributed by atoms with Crippen LogP contribution in [0.5, 0.6) is 0 Å². The quantitative estimate of drug-likeness (QED) is 0.735. The average Bonchev–Trinajstić information content (AvgIpc) is 3.19. The van der Waals surface area contributed by atoms with Crippen LogP contribution in [-0.4, -0.2) is 24.0 Å². The minimum absolute atomic E-state index is 0.531. The third-order valence-electron chi connectivity index (χ3n) is 7.62. The maximum atomic E-state index is 2.90. The molecule has 4 aliphatic rings. The largest absolute Gasteiger partial charge is 0.300 e. The standard InChI is InChI=1S/C21H29N/c1-2-6-19-17(4-1)5-3-9-21(19)10-12-22(13-11-21)20-15-16-7-8-18(20)14-16/h1-2,4,6,16,18,20H,3,5,7-15H2/t16-,18+,20?/m1/s1. The van der Waals surface area contributed by atoms with E-state index >= 15 is 0 Å². The molecular formula is C21H29N. The van der Waals surface area contributed by atoms with Gasteiger partial charge in [0.25, 0.3) is 0 Å². The van der Waals surface area contributed by atoms with Gasteiger partial charge in [0.15, 0.2) is 0 Å². The number of likely N-dealkylation sites (tertiary alicyclic amines) is 1. The molecule has 1 aliphatic heterocycles. The first-order valence-electron chi connectivity index (χ1n) is 9.67. The molecule has 1 aromatic rings. The van der Waals surface area contributed by atoms with Gasteiger partial charge in [-0.05, 0) is 92.8 Å². The summed E-state index contributed by atoms with van der Waals surface area (Å²) >= 11 is 0. The van der Waals surface area contributed by atoms with Crippen molar-refractivity contribution in [2.45, 2.75) is 69.2 Å². The molecule has 1 nitrogen and oxygen atoms in total. The zero-order chi connectivity index (χ0) is 14.6. The molecule has 1 spiro atoms. The Kier molecular flexibility index (Phi) is 3.15. The first kappa shape index (κ1) is 13.6. The monoisotopic (exact) mass is 295 g/mol. The minimum Gasteiger partial charge on any atom is -0.300 e. The van der Waals surface area contributed by atoms with Crippen molar-refractivity contribution in [3.63, 3.8) is 0 Å². The molecule has 118 valence electrons. The van der Waals surface area contributed by atoms with Crippen LogP contribution in [0.2, 0.25) is 0 Å². The van der Waals surface area contributed by atoms with Crippen molar-refractivity contribution in [2.75, 3.05) is 13.1 Å². The number of rotatable bonds is 1. The Hall–Kier alpha value is -0.820. The van der Waals surface area contributed by atoms with E-state index in [2.05, 4.69) is 29.2 Å². The first-order chi connectivity index (χ1) is 10.8. The molecule has 22 heavy (non-hydrogen) atoms. The van der Waals surface area contributed by atoms with Gasteiger partial charge in [-0.3, -0.25) is 0 Å². The van der Waals surface area contributed by atoms with Gasteiger partial charge in [0, 0.05) is 6.04 Å². The maximum Gasteiger partial charge on any atom is 0.0126 e. The first-order valence-corrected chi connectivity index (χ1v) is 9.67. The third-order valence-corrected chi connectivity index (χ3v) is 7.62. The second-order valence-corrected chi connectivity index (χ2v) is 8.57. The van der Waals surface area contributed by atoms with Gasteiger partial charge in [-0.1, -0.05) is 30.7 Å². The lowest BCUT2D eigenvalue weighted by molar-refractivity contribution is 0.0771. The number of piperidine rings is 1. The summed E-state index contributed by atoms with van der Waals surface area (Å²) in [7, 11) is 0. The van der Waals surface area contributed by atoms with E-state index < -0.39 is 0 Å². The summed E-state index contributed by atoms with van der Waals surface area (Å²) < 4.78 is 0. The lowest BCUT2D eigenvalue weighted by Crippen LogP contribution is -2.49. The highest BCUT2D eigenvalue weighted by atomic mass is 15.2. The van der Waals surface area contributed by atoms with Crippen molar-refractivity contribution < 1.29 is 0 Å². The number of benzene rings is 1. The van der Waals surface area contributed by atoms with E-state index in [1.54, 1.807) is 17.5 Å². The number of aryl methyl sites for hydroxylation is 1.